The van der Waals surface area contributed by atoms with E-state index in [0.717, 1.165) is 24.5 Å². The summed E-state index contributed by atoms with van der Waals surface area (Å²) in [6.07, 6.45) is 0. The van der Waals surface area contributed by atoms with Gasteiger partial charge in [-0.2, -0.15) is 0 Å². The summed E-state index contributed by atoms with van der Waals surface area (Å²) in [5.74, 6) is 1.40. The lowest BCUT2D eigenvalue weighted by Gasteiger charge is -2.27. The Kier molecular flexibility index (Phi) is 5.82. The summed E-state index contributed by atoms with van der Waals surface area (Å²) < 4.78 is 38.4. The van der Waals surface area contributed by atoms with E-state index in [2.05, 4.69) is 19.8 Å². The second kappa shape index (κ2) is 8.68. The molecule has 0 unspecified atom stereocenters. The van der Waals surface area contributed by atoms with Crippen LogP contribution in [0.25, 0.3) is 11.3 Å². The molecule has 0 atom stereocenters. The van der Waals surface area contributed by atoms with Crippen LogP contribution in [0.15, 0.2) is 65.6 Å². The van der Waals surface area contributed by atoms with E-state index >= 15 is 0 Å². The van der Waals surface area contributed by atoms with E-state index in [4.69, 9.17) is 9.47 Å². The number of sulfonamides is 1. The normalized spacial score (nSPS) is 14.4. The molecule has 2 aromatic carbocycles. The molecule has 1 aromatic heterocycles. The highest BCUT2D eigenvalue weighted by molar-refractivity contribution is 7.92. The third kappa shape index (κ3) is 4.52. The van der Waals surface area contributed by atoms with E-state index in [1.54, 1.807) is 30.3 Å². The number of nitrogens with zero attached hydrogens (tertiary/aromatic N) is 3. The first-order valence-electron chi connectivity index (χ1n) is 9.49. The standard InChI is InChI=1S/C21H22N4O4S/c1-28-18-5-7-19(8-6-18)30(26,27)24-17-4-2-3-16(15-17)20-9-10-21(23-22-20)25-11-13-29-14-12-25/h2-10,15,24H,11-14H2,1H3. The molecular weight excluding hydrogens is 404 g/mol. The van der Waals surface area contributed by atoms with Crippen LogP contribution in [-0.2, 0) is 14.8 Å². The first kappa shape index (κ1) is 20.1. The van der Waals surface area contributed by atoms with E-state index in [9.17, 15) is 8.42 Å². The number of rotatable bonds is 6. The van der Waals surface area contributed by atoms with Gasteiger partial charge in [-0.1, -0.05) is 12.1 Å². The lowest BCUT2D eigenvalue weighted by Crippen LogP contribution is -2.36. The molecule has 0 aliphatic carbocycles. The molecule has 1 saturated heterocycles. The van der Waals surface area contributed by atoms with Gasteiger partial charge in [0.1, 0.15) is 5.75 Å². The second-order valence-corrected chi connectivity index (χ2v) is 8.42. The molecule has 1 fully saturated rings. The molecule has 9 heteroatoms. The highest BCUT2D eigenvalue weighted by Gasteiger charge is 2.16. The molecular formula is C21H22N4O4S. The van der Waals surface area contributed by atoms with Gasteiger partial charge in [0.05, 0.1) is 30.9 Å². The third-order valence-electron chi connectivity index (χ3n) is 4.77. The minimum absolute atomic E-state index is 0.156. The molecule has 3 aromatic rings. The van der Waals surface area contributed by atoms with Crippen molar-refractivity contribution in [3.8, 4) is 17.0 Å². The van der Waals surface area contributed by atoms with Crippen LogP contribution in [0.3, 0.4) is 0 Å². The van der Waals surface area contributed by atoms with Crippen molar-refractivity contribution < 1.29 is 17.9 Å². The smallest absolute Gasteiger partial charge is 0.261 e. The number of hydrogen-bond acceptors (Lipinski definition) is 7. The van der Waals surface area contributed by atoms with Gasteiger partial charge in [0, 0.05) is 24.3 Å². The van der Waals surface area contributed by atoms with Crippen molar-refractivity contribution in [1.82, 2.24) is 10.2 Å². The predicted molar refractivity (Wildman–Crippen MR) is 114 cm³/mol. The summed E-state index contributed by atoms with van der Waals surface area (Å²) in [6, 6.07) is 17.1. The molecule has 1 aliphatic rings. The minimum atomic E-state index is -3.72. The summed E-state index contributed by atoms with van der Waals surface area (Å²) in [4.78, 5) is 2.28. The van der Waals surface area contributed by atoms with Crippen LogP contribution in [0.1, 0.15) is 0 Å². The monoisotopic (exact) mass is 426 g/mol. The van der Waals surface area contributed by atoms with E-state index in [1.165, 1.54) is 19.2 Å². The summed E-state index contributed by atoms with van der Waals surface area (Å²) in [6.45, 7) is 2.94. The largest absolute Gasteiger partial charge is 0.497 e. The van der Waals surface area contributed by atoms with Crippen molar-refractivity contribution in [2.75, 3.05) is 43.0 Å². The molecule has 0 saturated carbocycles. The zero-order chi connectivity index (χ0) is 21.0. The Balaban J connectivity index is 1.52. The molecule has 0 radical (unpaired) electrons. The van der Waals surface area contributed by atoms with Crippen molar-refractivity contribution in [2.24, 2.45) is 0 Å². The Morgan fingerprint density at radius 2 is 1.77 bits per heavy atom. The van der Waals surface area contributed by atoms with Crippen LogP contribution in [0.2, 0.25) is 0 Å². The third-order valence-corrected chi connectivity index (χ3v) is 6.16. The average molecular weight is 426 g/mol. The van der Waals surface area contributed by atoms with E-state index in [1.807, 2.05) is 18.2 Å². The first-order valence-corrected chi connectivity index (χ1v) is 11.0. The van der Waals surface area contributed by atoms with Crippen molar-refractivity contribution in [2.45, 2.75) is 4.90 Å². The minimum Gasteiger partial charge on any atom is -0.497 e. The van der Waals surface area contributed by atoms with E-state index in [0.29, 0.717) is 30.3 Å². The van der Waals surface area contributed by atoms with Gasteiger partial charge in [-0.3, -0.25) is 4.72 Å². The van der Waals surface area contributed by atoms with Gasteiger partial charge >= 0.3 is 0 Å². The van der Waals surface area contributed by atoms with Crippen molar-refractivity contribution in [3.05, 3.63) is 60.7 Å². The Bertz CT molecular complexity index is 1100. The molecule has 30 heavy (non-hydrogen) atoms. The van der Waals surface area contributed by atoms with Crippen LogP contribution in [0.5, 0.6) is 5.75 Å². The molecule has 1 N–H and O–H groups in total. The summed E-state index contributed by atoms with van der Waals surface area (Å²) >= 11 is 0. The van der Waals surface area contributed by atoms with Crippen LogP contribution >= 0.6 is 0 Å². The summed E-state index contributed by atoms with van der Waals surface area (Å²) in [7, 11) is -2.19. The fourth-order valence-corrected chi connectivity index (χ4v) is 4.20. The van der Waals surface area contributed by atoms with E-state index < -0.39 is 10.0 Å². The lowest BCUT2D eigenvalue weighted by molar-refractivity contribution is 0.122. The number of ether oxygens (including phenoxy) is 2. The predicted octanol–water partition coefficient (Wildman–Crippen LogP) is 2.79. The van der Waals surface area contributed by atoms with Gasteiger partial charge in [-0.05, 0) is 48.5 Å². The van der Waals surface area contributed by atoms with E-state index in [-0.39, 0.29) is 4.90 Å². The van der Waals surface area contributed by atoms with Gasteiger partial charge < -0.3 is 14.4 Å². The highest BCUT2D eigenvalue weighted by atomic mass is 32.2. The van der Waals surface area contributed by atoms with Gasteiger partial charge in [0.15, 0.2) is 5.82 Å². The Hall–Kier alpha value is -3.17. The van der Waals surface area contributed by atoms with Crippen LogP contribution in [0.4, 0.5) is 11.5 Å². The maximum absolute atomic E-state index is 12.7. The SMILES string of the molecule is COc1ccc(S(=O)(=O)Nc2cccc(-c3ccc(N4CCOCC4)nn3)c2)cc1. The van der Waals surface area contributed by atoms with Gasteiger partial charge in [0.2, 0.25) is 0 Å². The molecule has 1 aliphatic heterocycles. The Morgan fingerprint density at radius 3 is 2.43 bits per heavy atom. The number of nitrogens with one attached hydrogen (secondary N) is 1. The number of methoxy groups -OCH3 is 1. The Morgan fingerprint density at radius 1 is 1.00 bits per heavy atom. The van der Waals surface area contributed by atoms with Crippen LogP contribution < -0.4 is 14.4 Å². The van der Waals surface area contributed by atoms with Crippen molar-refractivity contribution >= 4 is 21.5 Å². The number of morpholine rings is 1. The zero-order valence-corrected chi connectivity index (χ0v) is 17.3. The summed E-state index contributed by atoms with van der Waals surface area (Å²) in [5, 5.41) is 8.63. The first-order chi connectivity index (χ1) is 14.5. The van der Waals surface area contributed by atoms with Crippen molar-refractivity contribution in [1.29, 1.82) is 0 Å². The molecule has 8 nitrogen and oxygen atoms in total. The number of hydrogen-bond donors (Lipinski definition) is 1. The zero-order valence-electron chi connectivity index (χ0n) is 16.5. The maximum atomic E-state index is 12.7. The molecule has 156 valence electrons. The van der Waals surface area contributed by atoms with Crippen LogP contribution in [0, 0.1) is 0 Å². The number of anilines is 2. The lowest BCUT2D eigenvalue weighted by atomic mass is 10.1. The van der Waals surface area contributed by atoms with Gasteiger partial charge in [0.25, 0.3) is 10.0 Å². The maximum Gasteiger partial charge on any atom is 0.261 e. The molecule has 0 bridgehead atoms. The number of aromatic nitrogens is 2. The molecule has 0 amide bonds. The fourth-order valence-electron chi connectivity index (χ4n) is 3.15. The van der Waals surface area contributed by atoms with Crippen molar-refractivity contribution in [3.63, 3.8) is 0 Å². The van der Waals surface area contributed by atoms with Gasteiger partial charge in [-0.25, -0.2) is 8.42 Å². The molecule has 4 rings (SSSR count). The summed E-state index contributed by atoms with van der Waals surface area (Å²) in [5.41, 5.74) is 1.88. The van der Waals surface area contributed by atoms with Gasteiger partial charge in [-0.15, -0.1) is 10.2 Å². The highest BCUT2D eigenvalue weighted by Crippen LogP contribution is 2.24. The fraction of sp³-hybridized carbons (Fsp3) is 0.238. The van der Waals surface area contributed by atoms with Crippen LogP contribution in [-0.4, -0.2) is 52.0 Å². The Labute approximate surface area is 175 Å². The quantitative estimate of drug-likeness (QED) is 0.648. The topological polar surface area (TPSA) is 93.7 Å². The molecule has 2 heterocycles. The molecule has 0 spiro atoms. The average Bonchev–Trinajstić information content (AvgIpc) is 2.80. The second-order valence-electron chi connectivity index (χ2n) is 6.74. The number of benzene rings is 2.